The Morgan fingerprint density at radius 2 is 2.12 bits per heavy atom. The summed E-state index contributed by atoms with van der Waals surface area (Å²) < 4.78 is 7.36. The van der Waals surface area contributed by atoms with Crippen LogP contribution in [-0.2, 0) is 4.79 Å². The van der Waals surface area contributed by atoms with E-state index in [1.165, 1.54) is 0 Å². The molecule has 1 amide bonds. The third-order valence-corrected chi connectivity index (χ3v) is 5.89. The second-order valence-corrected chi connectivity index (χ2v) is 8.19. The summed E-state index contributed by atoms with van der Waals surface area (Å²) >= 11 is 0. The minimum Gasteiger partial charge on any atom is -0.492 e. The van der Waals surface area contributed by atoms with Gasteiger partial charge in [-0.25, -0.2) is 9.50 Å². The minimum atomic E-state index is -0.242. The molecule has 3 aromatic rings. The summed E-state index contributed by atoms with van der Waals surface area (Å²) in [4.78, 5) is 18.6. The van der Waals surface area contributed by atoms with E-state index >= 15 is 0 Å². The summed E-state index contributed by atoms with van der Waals surface area (Å²) in [6.45, 7) is 6.11. The Labute approximate surface area is 186 Å². The number of piperidine rings is 1. The van der Waals surface area contributed by atoms with Crippen LogP contribution in [0.1, 0.15) is 32.3 Å². The lowest BCUT2D eigenvalue weighted by Crippen LogP contribution is -2.54. The Hall–Kier alpha value is -3.64. The van der Waals surface area contributed by atoms with Crippen LogP contribution in [0.2, 0.25) is 0 Å². The lowest BCUT2D eigenvalue weighted by molar-refractivity contribution is -0.121. The largest absolute Gasteiger partial charge is 0.492 e. The molecule has 166 valence electrons. The molecule has 0 atom stereocenters. The van der Waals surface area contributed by atoms with Crippen molar-refractivity contribution in [1.82, 2.24) is 19.9 Å². The number of carbonyl (C=O) groups is 1. The fraction of sp³-hybridized carbons (Fsp3) is 0.391. The molecule has 0 bridgehead atoms. The number of nitrogens with two attached hydrogens (primary N) is 1. The summed E-state index contributed by atoms with van der Waals surface area (Å²) in [5.74, 6) is 1.44. The molecule has 32 heavy (non-hydrogen) atoms. The highest BCUT2D eigenvalue weighted by atomic mass is 16.5. The van der Waals surface area contributed by atoms with Gasteiger partial charge in [-0.3, -0.25) is 4.79 Å². The predicted octanol–water partition coefficient (Wildman–Crippen LogP) is 2.10. The normalized spacial score (nSPS) is 15.4. The summed E-state index contributed by atoms with van der Waals surface area (Å²) in [6, 6.07) is 8.12. The maximum Gasteiger partial charge on any atom is 0.234 e. The molecule has 1 aliphatic rings. The van der Waals surface area contributed by atoms with Crippen molar-refractivity contribution in [3.05, 3.63) is 42.4 Å². The molecule has 1 fully saturated rings. The van der Waals surface area contributed by atoms with Gasteiger partial charge in [-0.05, 0) is 44.9 Å². The molecule has 9 heteroatoms. The predicted molar refractivity (Wildman–Crippen MR) is 121 cm³/mol. The second kappa shape index (κ2) is 8.85. The van der Waals surface area contributed by atoms with Crippen molar-refractivity contribution < 1.29 is 9.53 Å². The van der Waals surface area contributed by atoms with Crippen molar-refractivity contribution in [2.24, 2.45) is 5.73 Å². The van der Waals surface area contributed by atoms with Gasteiger partial charge in [0.05, 0.1) is 36.6 Å². The molecule has 9 nitrogen and oxygen atoms in total. The van der Waals surface area contributed by atoms with Crippen molar-refractivity contribution in [1.29, 1.82) is 5.26 Å². The van der Waals surface area contributed by atoms with E-state index in [1.807, 2.05) is 31.3 Å². The first-order valence-corrected chi connectivity index (χ1v) is 10.7. The van der Waals surface area contributed by atoms with Crippen LogP contribution in [-0.4, -0.2) is 52.3 Å². The zero-order valence-electron chi connectivity index (χ0n) is 18.3. The molecule has 1 saturated heterocycles. The van der Waals surface area contributed by atoms with Crippen LogP contribution < -0.4 is 20.7 Å². The molecular formula is C23H27N7O2. The van der Waals surface area contributed by atoms with Crippen molar-refractivity contribution in [2.75, 3.05) is 31.1 Å². The van der Waals surface area contributed by atoms with Gasteiger partial charge in [-0.2, -0.15) is 10.4 Å². The van der Waals surface area contributed by atoms with Crippen LogP contribution in [0.3, 0.4) is 0 Å². The number of hydrogen-bond donors (Lipinski definition) is 2. The SMILES string of the molecule is CCOc1cc(-c2ccc(N3CCC(C)(NC(=O)CN)CC3)nc2)c2c(C#N)cnn2c1. The number of carbonyl (C=O) groups excluding carboxylic acids is 1. The van der Waals surface area contributed by atoms with E-state index in [1.54, 1.807) is 16.9 Å². The highest BCUT2D eigenvalue weighted by molar-refractivity contribution is 5.85. The number of pyridine rings is 2. The van der Waals surface area contributed by atoms with Gasteiger partial charge < -0.3 is 20.7 Å². The Morgan fingerprint density at radius 1 is 1.34 bits per heavy atom. The first kappa shape index (κ1) is 21.6. The van der Waals surface area contributed by atoms with E-state index in [2.05, 4.69) is 28.3 Å². The van der Waals surface area contributed by atoms with Gasteiger partial charge in [-0.1, -0.05) is 0 Å². The number of amides is 1. The number of nitriles is 1. The van der Waals surface area contributed by atoms with Crippen LogP contribution >= 0.6 is 0 Å². The molecule has 0 saturated carbocycles. The molecule has 1 aliphatic heterocycles. The fourth-order valence-corrected chi connectivity index (χ4v) is 4.12. The zero-order chi connectivity index (χ0) is 22.7. The van der Waals surface area contributed by atoms with E-state index in [0.29, 0.717) is 17.9 Å². The van der Waals surface area contributed by atoms with Crippen LogP contribution in [0.25, 0.3) is 16.6 Å². The van der Waals surface area contributed by atoms with E-state index < -0.39 is 0 Å². The quantitative estimate of drug-likeness (QED) is 0.610. The van der Waals surface area contributed by atoms with Crippen molar-refractivity contribution in [3.63, 3.8) is 0 Å². The molecule has 3 N–H and O–H groups in total. The minimum absolute atomic E-state index is 0.00475. The third kappa shape index (κ3) is 4.22. The topological polar surface area (TPSA) is 122 Å². The van der Waals surface area contributed by atoms with Gasteiger partial charge in [-0.15, -0.1) is 0 Å². The first-order valence-electron chi connectivity index (χ1n) is 10.7. The van der Waals surface area contributed by atoms with Crippen molar-refractivity contribution >= 4 is 17.2 Å². The second-order valence-electron chi connectivity index (χ2n) is 8.19. The average molecular weight is 434 g/mol. The highest BCUT2D eigenvalue weighted by Crippen LogP contribution is 2.32. The summed E-state index contributed by atoms with van der Waals surface area (Å²) in [5, 5.41) is 16.8. The summed E-state index contributed by atoms with van der Waals surface area (Å²) in [5.41, 5.74) is 8.16. The number of hydrogen-bond acceptors (Lipinski definition) is 7. The molecule has 0 aliphatic carbocycles. The van der Waals surface area contributed by atoms with Gasteiger partial charge in [0.2, 0.25) is 5.91 Å². The van der Waals surface area contributed by atoms with Gasteiger partial charge >= 0.3 is 0 Å². The van der Waals surface area contributed by atoms with E-state index in [0.717, 1.165) is 48.4 Å². The Bertz CT molecular complexity index is 1160. The van der Waals surface area contributed by atoms with E-state index in [9.17, 15) is 10.1 Å². The van der Waals surface area contributed by atoms with Crippen LogP contribution in [0.4, 0.5) is 5.82 Å². The fourth-order valence-electron chi connectivity index (χ4n) is 4.12. The van der Waals surface area contributed by atoms with Crippen LogP contribution in [0, 0.1) is 11.3 Å². The third-order valence-electron chi connectivity index (χ3n) is 5.89. The van der Waals surface area contributed by atoms with E-state index in [4.69, 9.17) is 15.5 Å². The van der Waals surface area contributed by atoms with Crippen LogP contribution in [0.15, 0.2) is 36.8 Å². The maximum absolute atomic E-state index is 11.7. The molecule has 4 heterocycles. The molecule has 0 radical (unpaired) electrons. The molecule has 0 unspecified atom stereocenters. The smallest absolute Gasteiger partial charge is 0.234 e. The zero-order valence-corrected chi connectivity index (χ0v) is 18.3. The number of aromatic nitrogens is 3. The summed E-state index contributed by atoms with van der Waals surface area (Å²) in [7, 11) is 0. The van der Waals surface area contributed by atoms with Gasteiger partial charge in [0.15, 0.2) is 0 Å². The monoisotopic (exact) mass is 433 g/mol. The van der Waals surface area contributed by atoms with E-state index in [-0.39, 0.29) is 18.0 Å². The number of nitrogens with zero attached hydrogens (tertiary/aromatic N) is 5. The molecule has 3 aromatic heterocycles. The number of rotatable bonds is 6. The van der Waals surface area contributed by atoms with Gasteiger partial charge in [0.25, 0.3) is 0 Å². The summed E-state index contributed by atoms with van der Waals surface area (Å²) in [6.07, 6.45) is 6.79. The molecule has 0 spiro atoms. The Balaban J connectivity index is 1.57. The lowest BCUT2D eigenvalue weighted by Gasteiger charge is -2.40. The van der Waals surface area contributed by atoms with Crippen molar-refractivity contribution in [3.8, 4) is 22.9 Å². The Kier molecular flexibility index (Phi) is 5.97. The van der Waals surface area contributed by atoms with Gasteiger partial charge in [0.1, 0.15) is 17.6 Å². The van der Waals surface area contributed by atoms with Crippen molar-refractivity contribution in [2.45, 2.75) is 32.2 Å². The molecular weight excluding hydrogens is 406 g/mol. The maximum atomic E-state index is 11.7. The number of anilines is 1. The Morgan fingerprint density at radius 3 is 2.75 bits per heavy atom. The number of ether oxygens (including phenoxy) is 1. The number of nitrogens with one attached hydrogen (secondary N) is 1. The highest BCUT2D eigenvalue weighted by Gasteiger charge is 2.31. The first-order chi connectivity index (χ1) is 15.5. The molecule has 0 aromatic carbocycles. The molecule has 4 rings (SSSR count). The van der Waals surface area contributed by atoms with Gasteiger partial charge in [0, 0.05) is 36.0 Å². The average Bonchev–Trinajstić information content (AvgIpc) is 3.22. The van der Waals surface area contributed by atoms with Crippen LogP contribution in [0.5, 0.6) is 5.75 Å². The number of fused-ring (bicyclic) bond motifs is 1. The lowest BCUT2D eigenvalue weighted by atomic mass is 9.89. The standard InChI is InChI=1S/C23H27N7O2/c1-3-32-18-10-19(22-17(11-24)14-27-30(22)15-18)16-4-5-20(26-13-16)29-8-6-23(2,7-9-29)28-21(31)12-25/h4-5,10,13-15H,3,6-9,12,25H2,1-2H3,(H,28,31).